The predicted octanol–water partition coefficient (Wildman–Crippen LogP) is 3.41. The molecule has 2 nitrogen and oxygen atoms in total. The lowest BCUT2D eigenvalue weighted by molar-refractivity contribution is 0.353. The fraction of sp³-hybridized carbons (Fsp3) is 1.00. The number of halogens is 1. The second kappa shape index (κ2) is 8.53. The van der Waals surface area contributed by atoms with Crippen LogP contribution < -0.4 is 0 Å². The lowest BCUT2D eigenvalue weighted by Gasteiger charge is -2.12. The summed E-state index contributed by atoms with van der Waals surface area (Å²) in [6, 6.07) is 0. The molecule has 0 spiro atoms. The van der Waals surface area contributed by atoms with E-state index in [-0.39, 0.29) is 8.15 Å². The molecule has 0 N–H and O–H groups in total. The van der Waals surface area contributed by atoms with Gasteiger partial charge in [0.1, 0.15) is 6.35 Å². The first-order chi connectivity index (χ1) is 4.85. The van der Waals surface area contributed by atoms with Crippen LogP contribution in [0.1, 0.15) is 13.8 Å². The molecule has 5 heteroatoms. The Labute approximate surface area is 80.1 Å². The van der Waals surface area contributed by atoms with E-state index in [0.717, 1.165) is 19.1 Å². The van der Waals surface area contributed by atoms with Crippen LogP contribution >= 0.6 is 38.6 Å². The first-order valence-corrected chi connectivity index (χ1v) is 8.04. The van der Waals surface area contributed by atoms with Crippen LogP contribution in [0.5, 0.6) is 0 Å². The average Bonchev–Trinajstić information content (AvgIpc) is 1.98. The van der Waals surface area contributed by atoms with E-state index < -0.39 is 0 Å². The third-order valence-corrected chi connectivity index (χ3v) is 3.80. The molecule has 0 fully saturated rings. The minimum absolute atomic E-state index is 0.312. The summed E-state index contributed by atoms with van der Waals surface area (Å²) in [4.78, 5) is 0. The van der Waals surface area contributed by atoms with Crippen molar-refractivity contribution < 1.29 is 8.71 Å². The minimum Gasteiger partial charge on any atom is -0.357 e. The Hall–Kier alpha value is 1.43. The first kappa shape index (κ1) is 11.4. The van der Waals surface area contributed by atoms with Crippen molar-refractivity contribution in [1.82, 2.24) is 0 Å². The summed E-state index contributed by atoms with van der Waals surface area (Å²) in [7, 11) is 1.07. The maximum atomic E-state index is 5.42. The largest absolute Gasteiger partial charge is 0.357 e. The fourth-order valence-electron chi connectivity index (χ4n) is 0.481. The van der Waals surface area contributed by atoms with Crippen LogP contribution in [0.25, 0.3) is 0 Å². The maximum Gasteiger partial charge on any atom is 0.106 e. The summed E-state index contributed by atoms with van der Waals surface area (Å²) in [5.74, 6) is 0. The van der Waals surface area contributed by atoms with Crippen LogP contribution in [0.4, 0.5) is 0 Å². The Morgan fingerprint density at radius 3 is 2.60 bits per heavy atom. The van der Waals surface area contributed by atoms with Crippen LogP contribution in [-0.4, -0.2) is 19.1 Å². The predicted molar refractivity (Wildman–Crippen MR) is 56.7 cm³/mol. The van der Waals surface area contributed by atoms with Gasteiger partial charge in [0.15, 0.2) is 0 Å². The molecule has 1 atom stereocenters. The van der Waals surface area contributed by atoms with Crippen molar-refractivity contribution in [2.45, 2.75) is 13.8 Å². The standard InChI is InChI=1S/C5H12IO2PS/c1-3-7-9(4-2)5-8-10-6/h3-5H2,1-2H3. The van der Waals surface area contributed by atoms with Gasteiger partial charge in [-0.05, 0) is 13.1 Å². The summed E-state index contributed by atoms with van der Waals surface area (Å²) in [5.41, 5.74) is 0. The number of hydrogen-bond acceptors (Lipinski definition) is 3. The molecule has 62 valence electrons. The molecule has 0 bridgehead atoms. The van der Waals surface area contributed by atoms with Gasteiger partial charge in [-0.2, -0.15) is 0 Å². The zero-order valence-electron chi connectivity index (χ0n) is 6.17. The van der Waals surface area contributed by atoms with E-state index in [9.17, 15) is 0 Å². The normalized spacial score (nSPS) is 13.5. The zero-order valence-corrected chi connectivity index (χ0v) is 10.0. The van der Waals surface area contributed by atoms with Crippen molar-refractivity contribution in [2.75, 3.05) is 19.1 Å². The lowest BCUT2D eigenvalue weighted by Crippen LogP contribution is -1.92. The van der Waals surface area contributed by atoms with Gasteiger partial charge in [-0.15, -0.1) is 0 Å². The topological polar surface area (TPSA) is 18.5 Å². The van der Waals surface area contributed by atoms with Crippen molar-refractivity contribution in [1.29, 1.82) is 0 Å². The van der Waals surface area contributed by atoms with Gasteiger partial charge in [-0.3, -0.25) is 4.18 Å². The zero-order chi connectivity index (χ0) is 7.82. The van der Waals surface area contributed by atoms with Crippen LogP contribution in [0.2, 0.25) is 0 Å². The molecular formula is C5H12IO2PS. The van der Waals surface area contributed by atoms with Gasteiger partial charge in [0.2, 0.25) is 0 Å². The molecular weight excluding hydrogens is 282 g/mol. The minimum atomic E-state index is -0.312. The van der Waals surface area contributed by atoms with E-state index in [4.69, 9.17) is 8.71 Å². The third kappa shape index (κ3) is 6.16. The van der Waals surface area contributed by atoms with Crippen molar-refractivity contribution >= 4 is 38.6 Å². The third-order valence-electron chi connectivity index (χ3n) is 0.906. The number of rotatable bonds is 6. The Balaban J connectivity index is 3.21. The second-order valence-electron chi connectivity index (χ2n) is 1.53. The van der Waals surface area contributed by atoms with E-state index >= 15 is 0 Å². The molecule has 0 aliphatic carbocycles. The molecule has 0 aromatic heterocycles. The van der Waals surface area contributed by atoms with E-state index in [0.29, 0.717) is 0 Å². The highest BCUT2D eigenvalue weighted by Crippen LogP contribution is 2.37. The molecule has 0 aliphatic heterocycles. The Bertz CT molecular complexity index is 76.7. The molecule has 10 heavy (non-hydrogen) atoms. The fourth-order valence-corrected chi connectivity index (χ4v) is 2.94. The van der Waals surface area contributed by atoms with E-state index in [1.165, 1.54) is 9.21 Å². The quantitative estimate of drug-likeness (QED) is 0.425. The molecule has 0 amide bonds. The summed E-state index contributed by atoms with van der Waals surface area (Å²) in [6.45, 7) is 4.94. The monoisotopic (exact) mass is 294 g/mol. The highest BCUT2D eigenvalue weighted by Gasteiger charge is 2.04. The van der Waals surface area contributed by atoms with Crippen LogP contribution in [0, 0.1) is 0 Å². The Morgan fingerprint density at radius 1 is 1.50 bits per heavy atom. The molecule has 0 saturated heterocycles. The van der Waals surface area contributed by atoms with Crippen LogP contribution in [0.3, 0.4) is 0 Å². The first-order valence-electron chi connectivity index (χ1n) is 3.13. The summed E-state index contributed by atoms with van der Waals surface area (Å²) in [6.07, 6.45) is 1.84. The molecule has 1 unspecified atom stereocenters. The molecule has 0 radical (unpaired) electrons. The molecule has 0 saturated carbocycles. The Morgan fingerprint density at radius 2 is 2.20 bits per heavy atom. The van der Waals surface area contributed by atoms with Crippen molar-refractivity contribution in [2.24, 2.45) is 0 Å². The van der Waals surface area contributed by atoms with E-state index in [1.807, 2.05) is 6.92 Å². The van der Waals surface area contributed by atoms with Gasteiger partial charge in [0, 0.05) is 27.8 Å². The summed E-state index contributed by atoms with van der Waals surface area (Å²) < 4.78 is 10.6. The smallest absolute Gasteiger partial charge is 0.106 e. The summed E-state index contributed by atoms with van der Waals surface area (Å²) in [5, 5.41) is 0. The number of hydrogen-bond donors (Lipinski definition) is 0. The van der Waals surface area contributed by atoms with Crippen molar-refractivity contribution in [3.05, 3.63) is 0 Å². The highest BCUT2D eigenvalue weighted by atomic mass is 127. The Kier molecular flexibility index (Phi) is 9.75. The van der Waals surface area contributed by atoms with Gasteiger partial charge in [-0.1, -0.05) is 6.92 Å². The van der Waals surface area contributed by atoms with Gasteiger partial charge in [0.05, 0.1) is 17.4 Å². The lowest BCUT2D eigenvalue weighted by atomic mass is 10.9. The van der Waals surface area contributed by atoms with Gasteiger partial charge >= 0.3 is 0 Å². The highest BCUT2D eigenvalue weighted by molar-refractivity contribution is 14.2. The van der Waals surface area contributed by atoms with E-state index in [2.05, 4.69) is 28.1 Å². The molecule has 0 aromatic carbocycles. The van der Waals surface area contributed by atoms with Gasteiger partial charge < -0.3 is 4.52 Å². The van der Waals surface area contributed by atoms with Gasteiger partial charge in [0.25, 0.3) is 0 Å². The molecule has 0 rings (SSSR count). The van der Waals surface area contributed by atoms with E-state index in [1.54, 1.807) is 0 Å². The summed E-state index contributed by atoms with van der Waals surface area (Å²) >= 11 is 2.11. The second-order valence-corrected chi connectivity index (χ2v) is 5.08. The average molecular weight is 294 g/mol. The molecule has 0 aliphatic rings. The maximum absolute atomic E-state index is 5.42. The van der Waals surface area contributed by atoms with Gasteiger partial charge in [-0.25, -0.2) is 0 Å². The van der Waals surface area contributed by atoms with Crippen molar-refractivity contribution in [3.63, 3.8) is 0 Å². The van der Waals surface area contributed by atoms with Crippen LogP contribution in [0.15, 0.2) is 0 Å². The molecule has 0 aromatic rings. The van der Waals surface area contributed by atoms with Crippen LogP contribution in [-0.2, 0) is 8.71 Å². The SMILES string of the molecule is CCOP(CC)COSI. The van der Waals surface area contributed by atoms with Crippen molar-refractivity contribution in [3.8, 4) is 0 Å². The molecule has 0 heterocycles.